The molecule has 0 saturated carbocycles. The van der Waals surface area contributed by atoms with E-state index in [1.165, 1.54) is 15.8 Å². The van der Waals surface area contributed by atoms with Gasteiger partial charge in [-0.05, 0) is 35.9 Å². The molecule has 0 radical (unpaired) electrons. The summed E-state index contributed by atoms with van der Waals surface area (Å²) in [6.07, 6.45) is 2.10. The van der Waals surface area contributed by atoms with E-state index in [1.807, 2.05) is 36.0 Å². The van der Waals surface area contributed by atoms with Crippen molar-refractivity contribution in [1.29, 1.82) is 0 Å². The first-order chi connectivity index (χ1) is 17.3. The number of nitrogens with zero attached hydrogens (tertiary/aromatic N) is 1. The number of hydrogen-bond acceptors (Lipinski definition) is 3. The Morgan fingerprint density at radius 2 is 1.57 bits per heavy atom. The SMILES string of the molecule is Clc1ccccc1NCC1C(c2c[nH]c3ccccc23)=Nc2ccccc2SC1c1ccccc1. The largest absolute Gasteiger partial charge is 0.383 e. The van der Waals surface area contributed by atoms with E-state index in [0.717, 1.165) is 33.2 Å². The van der Waals surface area contributed by atoms with E-state index in [4.69, 9.17) is 16.6 Å². The molecule has 0 spiro atoms. The van der Waals surface area contributed by atoms with Crippen LogP contribution in [-0.4, -0.2) is 17.2 Å². The maximum atomic E-state index is 6.51. The summed E-state index contributed by atoms with van der Waals surface area (Å²) in [4.78, 5) is 9.98. The van der Waals surface area contributed by atoms with Gasteiger partial charge in [-0.3, -0.25) is 4.99 Å². The van der Waals surface area contributed by atoms with Gasteiger partial charge in [0.2, 0.25) is 0 Å². The van der Waals surface area contributed by atoms with Gasteiger partial charge in [0.05, 0.1) is 22.1 Å². The summed E-state index contributed by atoms with van der Waals surface area (Å²) in [5.74, 6) is 0.0882. The van der Waals surface area contributed by atoms with Crippen LogP contribution in [0.2, 0.25) is 5.02 Å². The third-order valence-electron chi connectivity index (χ3n) is 6.46. The maximum absolute atomic E-state index is 6.51. The summed E-state index contributed by atoms with van der Waals surface area (Å²) >= 11 is 8.40. The van der Waals surface area contributed by atoms with Crippen LogP contribution in [-0.2, 0) is 0 Å². The van der Waals surface area contributed by atoms with Gasteiger partial charge in [0.15, 0.2) is 0 Å². The van der Waals surface area contributed by atoms with E-state index < -0.39 is 0 Å². The Morgan fingerprint density at radius 3 is 2.46 bits per heavy atom. The molecule has 1 aliphatic heterocycles. The van der Waals surface area contributed by atoms with Crippen LogP contribution in [0.4, 0.5) is 11.4 Å². The van der Waals surface area contributed by atoms with Crippen LogP contribution in [0.5, 0.6) is 0 Å². The molecule has 0 fully saturated rings. The molecule has 2 N–H and O–H groups in total. The number of aromatic amines is 1. The molecule has 0 amide bonds. The molecular weight excluding hydrogens is 470 g/mol. The van der Waals surface area contributed by atoms with Crippen LogP contribution in [0.25, 0.3) is 10.9 Å². The minimum absolute atomic E-state index is 0.0882. The number of nitrogens with one attached hydrogen (secondary N) is 2. The molecule has 5 heteroatoms. The lowest BCUT2D eigenvalue weighted by Crippen LogP contribution is -2.28. The fourth-order valence-corrected chi connectivity index (χ4v) is 6.29. The molecule has 172 valence electrons. The second-order valence-corrected chi connectivity index (χ2v) is 10.2. The summed E-state index contributed by atoms with van der Waals surface area (Å²) in [6, 6.07) is 35.6. The van der Waals surface area contributed by atoms with Gasteiger partial charge in [-0.1, -0.05) is 84.4 Å². The van der Waals surface area contributed by atoms with Crippen molar-refractivity contribution in [3.05, 3.63) is 125 Å². The van der Waals surface area contributed by atoms with E-state index >= 15 is 0 Å². The van der Waals surface area contributed by atoms with Crippen molar-refractivity contribution >= 4 is 51.4 Å². The quantitative estimate of drug-likeness (QED) is 0.257. The Morgan fingerprint density at radius 1 is 0.829 bits per heavy atom. The van der Waals surface area contributed by atoms with E-state index in [2.05, 4.69) is 95.4 Å². The minimum atomic E-state index is 0.0882. The first-order valence-electron chi connectivity index (χ1n) is 11.7. The van der Waals surface area contributed by atoms with Crippen LogP contribution in [0.15, 0.2) is 119 Å². The molecule has 5 aromatic rings. The number of fused-ring (bicyclic) bond motifs is 2. The zero-order valence-electron chi connectivity index (χ0n) is 19.0. The van der Waals surface area contributed by atoms with Crippen molar-refractivity contribution in [3.8, 4) is 0 Å². The highest BCUT2D eigenvalue weighted by Crippen LogP contribution is 2.48. The molecule has 1 aliphatic rings. The van der Waals surface area contributed by atoms with E-state index in [1.54, 1.807) is 0 Å². The smallest absolute Gasteiger partial charge is 0.0769 e. The molecule has 6 rings (SSSR count). The lowest BCUT2D eigenvalue weighted by Gasteiger charge is -2.28. The third kappa shape index (κ3) is 4.36. The standard InChI is InChI=1S/C30H24ClN3S/c31-24-13-5-7-15-26(24)33-19-23-29(22-18-32-25-14-6-4-12-21(22)25)34-27-16-8-9-17-28(27)35-30(23)20-10-2-1-3-11-20/h1-18,23,30,32-33H,19H2. The molecule has 2 heterocycles. The van der Waals surface area contributed by atoms with E-state index in [9.17, 15) is 0 Å². The lowest BCUT2D eigenvalue weighted by atomic mass is 9.89. The van der Waals surface area contributed by atoms with Crippen molar-refractivity contribution in [2.75, 3.05) is 11.9 Å². The first kappa shape index (κ1) is 22.0. The molecule has 3 nitrogen and oxygen atoms in total. The van der Waals surface area contributed by atoms with Crippen molar-refractivity contribution in [2.24, 2.45) is 10.9 Å². The van der Waals surface area contributed by atoms with Crippen molar-refractivity contribution in [1.82, 2.24) is 4.98 Å². The van der Waals surface area contributed by atoms with Crippen molar-refractivity contribution in [3.63, 3.8) is 0 Å². The number of aliphatic imine (C=N–C) groups is 1. The summed E-state index contributed by atoms with van der Waals surface area (Å²) in [5, 5.41) is 5.72. The summed E-state index contributed by atoms with van der Waals surface area (Å²) in [7, 11) is 0. The van der Waals surface area contributed by atoms with Crippen LogP contribution >= 0.6 is 23.4 Å². The maximum Gasteiger partial charge on any atom is 0.0769 e. The second kappa shape index (κ2) is 9.65. The van der Waals surface area contributed by atoms with Gasteiger partial charge in [-0.2, -0.15) is 0 Å². The molecule has 0 saturated heterocycles. The van der Waals surface area contributed by atoms with Gasteiger partial charge in [-0.25, -0.2) is 0 Å². The molecule has 2 atom stereocenters. The number of aromatic nitrogens is 1. The van der Waals surface area contributed by atoms with Gasteiger partial charge in [0.25, 0.3) is 0 Å². The Balaban J connectivity index is 1.52. The normalized spacial score (nSPS) is 17.5. The first-order valence-corrected chi connectivity index (χ1v) is 13.0. The number of benzene rings is 4. The van der Waals surface area contributed by atoms with Gasteiger partial charge < -0.3 is 10.3 Å². The van der Waals surface area contributed by atoms with Crippen LogP contribution in [0.1, 0.15) is 16.4 Å². The minimum Gasteiger partial charge on any atom is -0.383 e. The molecule has 35 heavy (non-hydrogen) atoms. The number of anilines is 1. The summed E-state index contributed by atoms with van der Waals surface area (Å²) in [5.41, 5.74) is 6.57. The Labute approximate surface area is 214 Å². The highest BCUT2D eigenvalue weighted by atomic mass is 35.5. The highest BCUT2D eigenvalue weighted by Gasteiger charge is 2.33. The predicted molar refractivity (Wildman–Crippen MR) is 149 cm³/mol. The number of halogens is 1. The van der Waals surface area contributed by atoms with E-state index in [0.29, 0.717) is 6.54 Å². The number of thioether (sulfide) groups is 1. The van der Waals surface area contributed by atoms with Gasteiger partial charge in [0, 0.05) is 45.3 Å². The zero-order chi connectivity index (χ0) is 23.6. The Bertz CT molecular complexity index is 1510. The van der Waals surface area contributed by atoms with Crippen molar-refractivity contribution in [2.45, 2.75) is 10.1 Å². The summed E-state index contributed by atoms with van der Waals surface area (Å²) < 4.78 is 0. The molecule has 1 aromatic heterocycles. The number of rotatable bonds is 5. The number of para-hydroxylation sites is 3. The molecule has 0 aliphatic carbocycles. The third-order valence-corrected chi connectivity index (χ3v) is 8.24. The Kier molecular flexibility index (Phi) is 6.07. The monoisotopic (exact) mass is 493 g/mol. The number of H-pyrrole nitrogens is 1. The topological polar surface area (TPSA) is 40.2 Å². The average Bonchev–Trinajstić information content (AvgIpc) is 3.26. The molecule has 2 unspecified atom stereocenters. The van der Waals surface area contributed by atoms with Gasteiger partial charge in [-0.15, -0.1) is 11.8 Å². The molecular formula is C30H24ClN3S. The van der Waals surface area contributed by atoms with Gasteiger partial charge >= 0.3 is 0 Å². The zero-order valence-corrected chi connectivity index (χ0v) is 20.6. The number of hydrogen-bond donors (Lipinski definition) is 2. The molecule has 0 bridgehead atoms. The van der Waals surface area contributed by atoms with Crippen LogP contribution < -0.4 is 5.32 Å². The Hall–Kier alpha value is -3.47. The second-order valence-electron chi connectivity index (χ2n) is 8.63. The highest BCUT2D eigenvalue weighted by molar-refractivity contribution is 7.99. The van der Waals surface area contributed by atoms with Crippen LogP contribution in [0.3, 0.4) is 0 Å². The van der Waals surface area contributed by atoms with Crippen molar-refractivity contribution < 1.29 is 0 Å². The predicted octanol–water partition coefficient (Wildman–Crippen LogP) is 8.52. The summed E-state index contributed by atoms with van der Waals surface area (Å²) in [6.45, 7) is 0.697. The molecule has 4 aromatic carbocycles. The fourth-order valence-electron chi connectivity index (χ4n) is 4.74. The van der Waals surface area contributed by atoms with Crippen LogP contribution in [0, 0.1) is 5.92 Å². The fraction of sp³-hybridized carbons (Fsp3) is 0.100. The average molecular weight is 494 g/mol. The lowest BCUT2D eigenvalue weighted by molar-refractivity contribution is 0.709. The van der Waals surface area contributed by atoms with E-state index in [-0.39, 0.29) is 11.2 Å². The van der Waals surface area contributed by atoms with Gasteiger partial charge in [0.1, 0.15) is 0 Å².